The van der Waals surface area contributed by atoms with Crippen LogP contribution in [0.4, 0.5) is 27.6 Å². The second-order valence-electron chi connectivity index (χ2n) is 10.0. The van der Waals surface area contributed by atoms with Gasteiger partial charge in [0, 0.05) is 31.2 Å². The normalized spacial score (nSPS) is 17.5. The summed E-state index contributed by atoms with van der Waals surface area (Å²) >= 11 is 0. The molecule has 42 heavy (non-hydrogen) atoms. The fourth-order valence-corrected chi connectivity index (χ4v) is 5.91. The smallest absolute Gasteiger partial charge is 0.380 e. The Morgan fingerprint density at radius 3 is 2.17 bits per heavy atom. The molecular weight excluding hydrogens is 579 g/mol. The van der Waals surface area contributed by atoms with Crippen LogP contribution in [-0.4, -0.2) is 45.9 Å². The number of sulfone groups is 1. The van der Waals surface area contributed by atoms with Crippen LogP contribution in [0.2, 0.25) is 0 Å². The molecule has 0 radical (unpaired) electrons. The molecule has 0 bridgehead atoms. The molecule has 1 amide bonds. The number of anilines is 1. The minimum atomic E-state index is -4.47. The molecule has 6 nitrogen and oxygen atoms in total. The van der Waals surface area contributed by atoms with Gasteiger partial charge in [0.1, 0.15) is 17.3 Å². The summed E-state index contributed by atoms with van der Waals surface area (Å²) in [6, 6.07) is 12.1. The van der Waals surface area contributed by atoms with Crippen molar-refractivity contribution in [3.63, 3.8) is 0 Å². The van der Waals surface area contributed by atoms with Gasteiger partial charge in [-0.3, -0.25) is 4.79 Å². The lowest BCUT2D eigenvalue weighted by molar-refractivity contribution is -0.137. The van der Waals surface area contributed by atoms with Crippen molar-refractivity contribution >= 4 is 21.4 Å². The average molecular weight is 611 g/mol. The zero-order valence-electron chi connectivity index (χ0n) is 23.0. The van der Waals surface area contributed by atoms with E-state index in [4.69, 9.17) is 4.74 Å². The van der Waals surface area contributed by atoms with E-state index in [2.05, 4.69) is 5.32 Å². The number of rotatable bonds is 10. The molecule has 1 aliphatic heterocycles. The molecule has 2 atom stereocenters. The van der Waals surface area contributed by atoms with Gasteiger partial charge in [-0.2, -0.15) is 13.2 Å². The third-order valence-corrected chi connectivity index (χ3v) is 9.07. The van der Waals surface area contributed by atoms with Crippen LogP contribution >= 0.6 is 0 Å². The molecule has 4 rings (SSSR count). The van der Waals surface area contributed by atoms with Crippen LogP contribution in [0, 0.1) is 11.6 Å². The fraction of sp³-hybridized carbons (Fsp3) is 0.367. The highest BCUT2D eigenvalue weighted by Gasteiger charge is 2.37. The summed E-state index contributed by atoms with van der Waals surface area (Å²) in [5, 5.41) is 2.58. The Balaban J connectivity index is 1.50. The summed E-state index contributed by atoms with van der Waals surface area (Å²) in [5.74, 6) is -2.97. The van der Waals surface area contributed by atoms with E-state index in [0.29, 0.717) is 24.2 Å². The molecule has 3 aromatic rings. The molecule has 226 valence electrons. The molecule has 1 fully saturated rings. The number of carbonyl (C=O) groups excluding carboxylic acids is 1. The molecule has 1 N–H and O–H groups in total. The Morgan fingerprint density at radius 2 is 1.62 bits per heavy atom. The van der Waals surface area contributed by atoms with Crippen LogP contribution < -0.4 is 10.2 Å². The van der Waals surface area contributed by atoms with Crippen molar-refractivity contribution in [2.24, 2.45) is 0 Å². The van der Waals surface area contributed by atoms with Gasteiger partial charge in [0.25, 0.3) is 5.91 Å². The summed E-state index contributed by atoms with van der Waals surface area (Å²) < 4.78 is 99.3. The summed E-state index contributed by atoms with van der Waals surface area (Å²) in [7, 11) is -3.37. The standard InChI is InChI=1S/C30H31F5N2O4S/c1-3-41-18-24-13-22(20-7-9-23(10-8-20)30(33,34)35)17-37(24)28-26(31)14-21(15-27(28)32)29(38)36-16-19-5-11-25(12-6-19)42(39,40)4-2/h5-12,14-15,22,24H,3-4,13,16-18H2,1-2H3,(H,36,38)/t22?,24-/m0/s1. The molecule has 1 heterocycles. The van der Waals surface area contributed by atoms with Crippen molar-refractivity contribution in [3.8, 4) is 0 Å². The molecule has 12 heteroatoms. The number of ether oxygens (including phenoxy) is 1. The van der Waals surface area contributed by atoms with Crippen molar-refractivity contribution in [2.45, 2.75) is 49.8 Å². The maximum absolute atomic E-state index is 15.4. The van der Waals surface area contributed by atoms with Crippen molar-refractivity contribution in [3.05, 3.63) is 94.6 Å². The number of carbonyl (C=O) groups is 1. The molecule has 0 saturated carbocycles. The number of benzene rings is 3. The first-order chi connectivity index (χ1) is 19.8. The maximum Gasteiger partial charge on any atom is 0.416 e. The number of alkyl halides is 3. The Hall–Kier alpha value is -3.51. The van der Waals surface area contributed by atoms with Gasteiger partial charge in [-0.25, -0.2) is 17.2 Å². The maximum atomic E-state index is 15.4. The largest absolute Gasteiger partial charge is 0.416 e. The number of amides is 1. The second-order valence-corrected chi connectivity index (χ2v) is 12.3. The second kappa shape index (κ2) is 12.8. The van der Waals surface area contributed by atoms with Crippen molar-refractivity contribution < 1.29 is 39.9 Å². The third-order valence-electron chi connectivity index (χ3n) is 7.32. The predicted octanol–water partition coefficient (Wildman–Crippen LogP) is 6.11. The highest BCUT2D eigenvalue weighted by molar-refractivity contribution is 7.91. The Kier molecular flexibility index (Phi) is 9.56. The van der Waals surface area contributed by atoms with Gasteiger partial charge in [-0.05, 0) is 60.9 Å². The van der Waals surface area contributed by atoms with Crippen LogP contribution in [0.3, 0.4) is 0 Å². The van der Waals surface area contributed by atoms with Crippen LogP contribution in [0.1, 0.15) is 53.2 Å². The van der Waals surface area contributed by atoms with E-state index in [9.17, 15) is 26.4 Å². The van der Waals surface area contributed by atoms with Gasteiger partial charge in [0.05, 0.1) is 28.9 Å². The van der Waals surface area contributed by atoms with Crippen LogP contribution in [0.15, 0.2) is 65.6 Å². The van der Waals surface area contributed by atoms with Crippen LogP contribution in [0.5, 0.6) is 0 Å². The van der Waals surface area contributed by atoms with Gasteiger partial charge in [0.2, 0.25) is 0 Å². The van der Waals surface area contributed by atoms with Gasteiger partial charge < -0.3 is 15.0 Å². The number of nitrogens with one attached hydrogen (secondary N) is 1. The molecule has 0 spiro atoms. The van der Waals surface area contributed by atoms with Gasteiger partial charge in [-0.15, -0.1) is 0 Å². The van der Waals surface area contributed by atoms with Crippen LogP contribution in [0.25, 0.3) is 0 Å². The monoisotopic (exact) mass is 610 g/mol. The first kappa shape index (κ1) is 31.4. The zero-order chi connectivity index (χ0) is 30.7. The Labute approximate surface area is 241 Å². The molecular formula is C30H31F5N2O4S. The van der Waals surface area contributed by atoms with E-state index in [0.717, 1.165) is 24.3 Å². The Bertz CT molecular complexity index is 1490. The summed E-state index contributed by atoms with van der Waals surface area (Å²) in [4.78, 5) is 14.4. The molecule has 1 saturated heterocycles. The van der Waals surface area contributed by atoms with Crippen molar-refractivity contribution in [1.29, 1.82) is 0 Å². The van der Waals surface area contributed by atoms with Crippen LogP contribution in [-0.2, 0) is 27.3 Å². The number of halogens is 5. The van der Waals surface area contributed by atoms with Gasteiger partial charge in [0.15, 0.2) is 9.84 Å². The highest BCUT2D eigenvalue weighted by atomic mass is 32.2. The average Bonchev–Trinajstić information content (AvgIpc) is 3.37. The van der Waals surface area contributed by atoms with E-state index in [1.54, 1.807) is 19.1 Å². The predicted molar refractivity (Wildman–Crippen MR) is 148 cm³/mol. The van der Waals surface area contributed by atoms with E-state index < -0.39 is 45.2 Å². The molecule has 0 aliphatic carbocycles. The quantitative estimate of drug-likeness (QED) is 0.281. The van der Waals surface area contributed by atoms with E-state index in [1.807, 2.05) is 0 Å². The zero-order valence-corrected chi connectivity index (χ0v) is 23.9. The lowest BCUT2D eigenvalue weighted by Crippen LogP contribution is -2.35. The lowest BCUT2D eigenvalue weighted by Gasteiger charge is -2.27. The van der Waals surface area contributed by atoms with Crippen molar-refractivity contribution in [2.75, 3.05) is 30.4 Å². The molecule has 1 aliphatic rings. The summed E-state index contributed by atoms with van der Waals surface area (Å²) in [6.07, 6.45) is -4.06. The SMILES string of the molecule is CCOC[C@@H]1CC(c2ccc(C(F)(F)F)cc2)CN1c1c(F)cc(C(=O)NCc2ccc(S(=O)(=O)CC)cc2)cc1F. The summed E-state index contributed by atoms with van der Waals surface area (Å²) in [5.41, 5.74) is -0.137. The molecule has 3 aromatic carbocycles. The lowest BCUT2D eigenvalue weighted by atomic mass is 9.95. The summed E-state index contributed by atoms with van der Waals surface area (Å²) in [6.45, 7) is 4.00. The molecule has 0 aromatic heterocycles. The number of hydrogen-bond acceptors (Lipinski definition) is 5. The van der Waals surface area contributed by atoms with E-state index >= 15 is 8.78 Å². The molecule has 1 unspecified atom stereocenters. The van der Waals surface area contributed by atoms with Gasteiger partial charge >= 0.3 is 6.18 Å². The minimum Gasteiger partial charge on any atom is -0.380 e. The van der Waals surface area contributed by atoms with E-state index in [-0.39, 0.29) is 47.5 Å². The topological polar surface area (TPSA) is 75.7 Å². The minimum absolute atomic E-state index is 0.00758. The van der Waals surface area contributed by atoms with Crippen molar-refractivity contribution in [1.82, 2.24) is 5.32 Å². The third kappa shape index (κ3) is 7.09. The van der Waals surface area contributed by atoms with E-state index in [1.165, 1.54) is 36.1 Å². The number of hydrogen-bond donors (Lipinski definition) is 1. The first-order valence-electron chi connectivity index (χ1n) is 13.4. The highest BCUT2D eigenvalue weighted by Crippen LogP contribution is 2.39. The van der Waals surface area contributed by atoms with Gasteiger partial charge in [-0.1, -0.05) is 31.2 Å². The fourth-order valence-electron chi connectivity index (χ4n) is 5.02. The Morgan fingerprint density at radius 1 is 1.00 bits per heavy atom. The first-order valence-corrected chi connectivity index (χ1v) is 15.1. The number of nitrogens with zero attached hydrogens (tertiary/aromatic N) is 1.